The molecule has 0 saturated heterocycles. The number of ketones is 1. The van der Waals surface area contributed by atoms with Crippen LogP contribution in [0.3, 0.4) is 0 Å². The molecule has 0 aliphatic rings. The lowest BCUT2D eigenvalue weighted by Crippen LogP contribution is -2.07. The van der Waals surface area contributed by atoms with Crippen molar-refractivity contribution in [3.05, 3.63) is 68.2 Å². The smallest absolute Gasteiger partial charge is 0.193 e. The fourth-order valence-electron chi connectivity index (χ4n) is 2.47. The SMILES string of the molecule is Cc1cc(C)c(C(=O)c2ccc(Br)c(C)c2)c(C)c1. The van der Waals surface area contributed by atoms with E-state index in [1.165, 1.54) is 5.56 Å². The molecule has 2 aromatic rings. The minimum Gasteiger partial charge on any atom is -0.289 e. The maximum Gasteiger partial charge on any atom is 0.193 e. The number of aryl methyl sites for hydroxylation is 4. The molecule has 0 N–H and O–H groups in total. The van der Waals surface area contributed by atoms with E-state index < -0.39 is 0 Å². The normalized spacial score (nSPS) is 10.6. The van der Waals surface area contributed by atoms with Crippen LogP contribution < -0.4 is 0 Å². The first-order valence-electron chi connectivity index (χ1n) is 6.29. The summed E-state index contributed by atoms with van der Waals surface area (Å²) in [5.74, 6) is 0.102. The van der Waals surface area contributed by atoms with Gasteiger partial charge in [-0.25, -0.2) is 0 Å². The maximum atomic E-state index is 12.6. The summed E-state index contributed by atoms with van der Waals surface area (Å²) in [6, 6.07) is 9.86. The Bertz CT molecular complexity index is 633. The van der Waals surface area contributed by atoms with Gasteiger partial charge in [-0.3, -0.25) is 4.79 Å². The van der Waals surface area contributed by atoms with Gasteiger partial charge < -0.3 is 0 Å². The Labute approximate surface area is 122 Å². The van der Waals surface area contributed by atoms with E-state index in [0.717, 1.165) is 32.3 Å². The first-order valence-corrected chi connectivity index (χ1v) is 7.08. The average Bonchev–Trinajstić information content (AvgIpc) is 2.31. The van der Waals surface area contributed by atoms with Gasteiger partial charge in [0.25, 0.3) is 0 Å². The highest BCUT2D eigenvalue weighted by atomic mass is 79.9. The van der Waals surface area contributed by atoms with Crippen molar-refractivity contribution in [3.63, 3.8) is 0 Å². The zero-order valence-electron chi connectivity index (χ0n) is 11.7. The third kappa shape index (κ3) is 2.79. The summed E-state index contributed by atoms with van der Waals surface area (Å²) >= 11 is 3.46. The molecule has 0 spiro atoms. The van der Waals surface area contributed by atoms with Gasteiger partial charge in [-0.05, 0) is 62.6 Å². The molecule has 98 valence electrons. The molecule has 0 radical (unpaired) electrons. The van der Waals surface area contributed by atoms with Crippen LogP contribution in [-0.2, 0) is 0 Å². The lowest BCUT2D eigenvalue weighted by molar-refractivity contribution is 0.103. The summed E-state index contributed by atoms with van der Waals surface area (Å²) in [7, 11) is 0. The molecule has 2 heteroatoms. The number of carbonyl (C=O) groups is 1. The van der Waals surface area contributed by atoms with Crippen LogP contribution in [0.25, 0.3) is 0 Å². The molecule has 0 fully saturated rings. The number of halogens is 1. The van der Waals surface area contributed by atoms with Crippen molar-refractivity contribution >= 4 is 21.7 Å². The number of carbonyl (C=O) groups excluding carboxylic acids is 1. The van der Waals surface area contributed by atoms with E-state index in [9.17, 15) is 4.79 Å². The van der Waals surface area contributed by atoms with Gasteiger partial charge in [0.05, 0.1) is 0 Å². The average molecular weight is 317 g/mol. The van der Waals surface area contributed by atoms with Gasteiger partial charge >= 0.3 is 0 Å². The standard InChI is InChI=1S/C17H17BrO/c1-10-7-12(3)16(13(4)8-10)17(19)14-5-6-15(18)11(2)9-14/h5-9H,1-4H3. The predicted octanol–water partition coefficient (Wildman–Crippen LogP) is 4.91. The van der Waals surface area contributed by atoms with Crippen molar-refractivity contribution < 1.29 is 4.79 Å². The molecule has 2 rings (SSSR count). The van der Waals surface area contributed by atoms with Gasteiger partial charge in [0.15, 0.2) is 5.78 Å². The third-order valence-corrected chi connectivity index (χ3v) is 4.21. The van der Waals surface area contributed by atoms with Crippen LogP contribution in [0.4, 0.5) is 0 Å². The summed E-state index contributed by atoms with van der Waals surface area (Å²) in [5, 5.41) is 0. The Morgan fingerprint density at radius 3 is 2.00 bits per heavy atom. The zero-order valence-corrected chi connectivity index (χ0v) is 13.3. The van der Waals surface area contributed by atoms with Crippen LogP contribution in [0.1, 0.15) is 38.2 Å². The van der Waals surface area contributed by atoms with E-state index in [1.807, 2.05) is 39.0 Å². The second-order valence-corrected chi connectivity index (χ2v) is 5.92. The largest absolute Gasteiger partial charge is 0.289 e. The number of hydrogen-bond donors (Lipinski definition) is 0. The summed E-state index contributed by atoms with van der Waals surface area (Å²) in [6.45, 7) is 8.05. The Morgan fingerprint density at radius 2 is 1.47 bits per heavy atom. The monoisotopic (exact) mass is 316 g/mol. The Balaban J connectivity index is 2.53. The molecular weight excluding hydrogens is 300 g/mol. The van der Waals surface area contributed by atoms with Gasteiger partial charge in [-0.15, -0.1) is 0 Å². The molecule has 0 aliphatic heterocycles. The molecule has 0 bridgehead atoms. The number of benzene rings is 2. The van der Waals surface area contributed by atoms with E-state index in [-0.39, 0.29) is 5.78 Å². The predicted molar refractivity (Wildman–Crippen MR) is 83.0 cm³/mol. The Morgan fingerprint density at radius 1 is 0.895 bits per heavy atom. The molecule has 0 heterocycles. The molecule has 0 aromatic heterocycles. The van der Waals surface area contributed by atoms with E-state index in [2.05, 4.69) is 35.0 Å². The van der Waals surface area contributed by atoms with Crippen molar-refractivity contribution in [3.8, 4) is 0 Å². The van der Waals surface area contributed by atoms with Gasteiger partial charge in [0.1, 0.15) is 0 Å². The van der Waals surface area contributed by atoms with Gasteiger partial charge in [-0.2, -0.15) is 0 Å². The molecular formula is C17H17BrO. The van der Waals surface area contributed by atoms with Crippen molar-refractivity contribution in [1.29, 1.82) is 0 Å². The molecule has 0 unspecified atom stereocenters. The highest BCUT2D eigenvalue weighted by molar-refractivity contribution is 9.10. The summed E-state index contributed by atoms with van der Waals surface area (Å²) in [6.07, 6.45) is 0. The molecule has 0 saturated carbocycles. The van der Waals surface area contributed by atoms with E-state index in [4.69, 9.17) is 0 Å². The maximum absolute atomic E-state index is 12.6. The Hall–Kier alpha value is -1.41. The molecule has 0 atom stereocenters. The highest BCUT2D eigenvalue weighted by Gasteiger charge is 2.15. The lowest BCUT2D eigenvalue weighted by atomic mass is 9.93. The van der Waals surface area contributed by atoms with Crippen LogP contribution >= 0.6 is 15.9 Å². The lowest BCUT2D eigenvalue weighted by Gasteiger charge is -2.11. The van der Waals surface area contributed by atoms with Gasteiger partial charge in [0.2, 0.25) is 0 Å². The molecule has 2 aromatic carbocycles. The second-order valence-electron chi connectivity index (χ2n) is 5.07. The van der Waals surface area contributed by atoms with Crippen molar-refractivity contribution in [1.82, 2.24) is 0 Å². The first-order chi connectivity index (χ1) is 8.90. The van der Waals surface area contributed by atoms with E-state index >= 15 is 0 Å². The highest BCUT2D eigenvalue weighted by Crippen LogP contribution is 2.23. The minimum atomic E-state index is 0.102. The fraction of sp³-hybridized carbons (Fsp3) is 0.235. The summed E-state index contributed by atoms with van der Waals surface area (Å²) in [4.78, 5) is 12.6. The van der Waals surface area contributed by atoms with E-state index in [1.54, 1.807) is 0 Å². The third-order valence-electron chi connectivity index (χ3n) is 3.32. The first kappa shape index (κ1) is 14.0. The zero-order chi connectivity index (χ0) is 14.2. The Kier molecular flexibility index (Phi) is 3.91. The molecule has 19 heavy (non-hydrogen) atoms. The van der Waals surface area contributed by atoms with Crippen molar-refractivity contribution in [2.24, 2.45) is 0 Å². The van der Waals surface area contributed by atoms with Crippen LogP contribution in [0.2, 0.25) is 0 Å². The van der Waals surface area contributed by atoms with Gasteiger partial charge in [-0.1, -0.05) is 33.6 Å². The van der Waals surface area contributed by atoms with Crippen LogP contribution in [0.15, 0.2) is 34.8 Å². The number of rotatable bonds is 2. The minimum absolute atomic E-state index is 0.102. The molecule has 1 nitrogen and oxygen atoms in total. The van der Waals surface area contributed by atoms with Gasteiger partial charge in [0, 0.05) is 15.6 Å². The topological polar surface area (TPSA) is 17.1 Å². The summed E-state index contributed by atoms with van der Waals surface area (Å²) < 4.78 is 1.03. The number of hydrogen-bond acceptors (Lipinski definition) is 1. The van der Waals surface area contributed by atoms with Crippen LogP contribution in [-0.4, -0.2) is 5.78 Å². The molecule has 0 amide bonds. The van der Waals surface area contributed by atoms with E-state index in [0.29, 0.717) is 0 Å². The van der Waals surface area contributed by atoms with Crippen LogP contribution in [0.5, 0.6) is 0 Å². The van der Waals surface area contributed by atoms with Crippen molar-refractivity contribution in [2.45, 2.75) is 27.7 Å². The summed E-state index contributed by atoms with van der Waals surface area (Å²) in [5.41, 5.74) is 5.93. The molecule has 0 aliphatic carbocycles. The van der Waals surface area contributed by atoms with Crippen molar-refractivity contribution in [2.75, 3.05) is 0 Å². The second kappa shape index (κ2) is 5.30. The van der Waals surface area contributed by atoms with Crippen LogP contribution in [0, 0.1) is 27.7 Å². The quantitative estimate of drug-likeness (QED) is 0.719. The fourth-order valence-corrected chi connectivity index (χ4v) is 2.72.